The third kappa shape index (κ3) is 14.4. The number of unbranched alkanes of at least 4 members (excludes halogenated alkanes) is 12. The standard InChI is InChI=1S/C18H33F3O/c1-2-3-4-5-6-7-8-9-10-11-12-13-14-15-16-17(22)18(19,20)21/h15-17,22H,2-14H2,1H3/b16-15+. The van der Waals surface area contributed by atoms with Gasteiger partial charge < -0.3 is 5.11 Å². The predicted octanol–water partition coefficient (Wildman–Crippen LogP) is 6.56. The fourth-order valence-electron chi connectivity index (χ4n) is 2.44. The Bertz CT molecular complexity index is 262. The molecule has 1 nitrogen and oxygen atoms in total. The summed E-state index contributed by atoms with van der Waals surface area (Å²) in [4.78, 5) is 0. The highest BCUT2D eigenvalue weighted by Gasteiger charge is 2.35. The van der Waals surface area contributed by atoms with Crippen molar-refractivity contribution in [3.8, 4) is 0 Å². The molecule has 0 spiro atoms. The van der Waals surface area contributed by atoms with E-state index in [1.54, 1.807) is 0 Å². The molecule has 0 saturated heterocycles. The van der Waals surface area contributed by atoms with Gasteiger partial charge in [0.15, 0.2) is 6.10 Å². The number of rotatable bonds is 14. The first kappa shape index (κ1) is 21.5. The minimum absolute atomic E-state index is 0.616. The molecule has 0 aromatic rings. The fraction of sp³-hybridized carbons (Fsp3) is 0.889. The van der Waals surface area contributed by atoms with E-state index in [1.807, 2.05) is 0 Å². The molecule has 132 valence electrons. The minimum atomic E-state index is -4.53. The molecule has 1 unspecified atom stereocenters. The van der Waals surface area contributed by atoms with E-state index in [1.165, 1.54) is 63.9 Å². The Morgan fingerprint density at radius 2 is 1.18 bits per heavy atom. The minimum Gasteiger partial charge on any atom is -0.380 e. The van der Waals surface area contributed by atoms with Crippen LogP contribution in [0.3, 0.4) is 0 Å². The number of alkyl halides is 3. The van der Waals surface area contributed by atoms with E-state index in [9.17, 15) is 13.2 Å². The van der Waals surface area contributed by atoms with Gasteiger partial charge in [-0.1, -0.05) is 89.7 Å². The summed E-state index contributed by atoms with van der Waals surface area (Å²) in [6, 6.07) is 0. The zero-order chi connectivity index (χ0) is 16.7. The number of halogens is 3. The van der Waals surface area contributed by atoms with Crippen LogP contribution < -0.4 is 0 Å². The van der Waals surface area contributed by atoms with Crippen LogP contribution in [0, 0.1) is 0 Å². The lowest BCUT2D eigenvalue weighted by molar-refractivity contribution is -0.187. The van der Waals surface area contributed by atoms with Gasteiger partial charge in [-0.25, -0.2) is 0 Å². The quantitative estimate of drug-likeness (QED) is 0.284. The average Bonchev–Trinajstić information content (AvgIpc) is 2.46. The molecule has 0 radical (unpaired) electrons. The van der Waals surface area contributed by atoms with Gasteiger partial charge in [0, 0.05) is 0 Å². The van der Waals surface area contributed by atoms with Crippen molar-refractivity contribution in [3.05, 3.63) is 12.2 Å². The van der Waals surface area contributed by atoms with Gasteiger partial charge in [-0.15, -0.1) is 0 Å². The van der Waals surface area contributed by atoms with Crippen molar-refractivity contribution in [2.45, 2.75) is 103 Å². The molecule has 1 N–H and O–H groups in total. The molecule has 0 aromatic carbocycles. The molecule has 0 rings (SSSR count). The molecular formula is C18H33F3O. The third-order valence-electron chi connectivity index (χ3n) is 3.88. The smallest absolute Gasteiger partial charge is 0.380 e. The van der Waals surface area contributed by atoms with Crippen molar-refractivity contribution >= 4 is 0 Å². The highest BCUT2D eigenvalue weighted by Crippen LogP contribution is 2.21. The number of hydrogen-bond donors (Lipinski definition) is 1. The molecule has 0 aliphatic heterocycles. The summed E-state index contributed by atoms with van der Waals surface area (Å²) in [6.07, 6.45) is 11.1. The van der Waals surface area contributed by atoms with Gasteiger partial charge in [-0.3, -0.25) is 0 Å². The summed E-state index contributed by atoms with van der Waals surface area (Å²) in [5.74, 6) is 0. The van der Waals surface area contributed by atoms with E-state index in [0.717, 1.165) is 25.3 Å². The molecule has 0 aliphatic rings. The zero-order valence-corrected chi connectivity index (χ0v) is 14.0. The molecule has 1 atom stereocenters. The predicted molar refractivity (Wildman–Crippen MR) is 86.9 cm³/mol. The SMILES string of the molecule is CCCCCCCCCCCCCC/C=C/C(O)C(F)(F)F. The summed E-state index contributed by atoms with van der Waals surface area (Å²) < 4.78 is 36.0. The van der Waals surface area contributed by atoms with Crippen molar-refractivity contribution in [2.24, 2.45) is 0 Å². The lowest BCUT2D eigenvalue weighted by Crippen LogP contribution is -2.25. The molecular weight excluding hydrogens is 289 g/mol. The highest BCUT2D eigenvalue weighted by atomic mass is 19.4. The van der Waals surface area contributed by atoms with Crippen molar-refractivity contribution in [1.29, 1.82) is 0 Å². The number of allylic oxidation sites excluding steroid dienone is 1. The monoisotopic (exact) mass is 322 g/mol. The largest absolute Gasteiger partial charge is 0.417 e. The Balaban J connectivity index is 3.22. The molecule has 22 heavy (non-hydrogen) atoms. The molecule has 0 heterocycles. The number of aliphatic hydroxyl groups excluding tert-OH is 1. The van der Waals surface area contributed by atoms with Gasteiger partial charge in [-0.2, -0.15) is 13.2 Å². The van der Waals surface area contributed by atoms with Crippen LogP contribution in [0.5, 0.6) is 0 Å². The summed E-state index contributed by atoms with van der Waals surface area (Å²) in [5, 5.41) is 8.77. The van der Waals surface area contributed by atoms with Crippen LogP contribution in [0.4, 0.5) is 13.2 Å². The van der Waals surface area contributed by atoms with Gasteiger partial charge in [0.05, 0.1) is 0 Å². The maximum absolute atomic E-state index is 12.0. The molecule has 0 aliphatic carbocycles. The lowest BCUT2D eigenvalue weighted by Gasteiger charge is -2.09. The van der Waals surface area contributed by atoms with Gasteiger partial charge >= 0.3 is 6.18 Å². The van der Waals surface area contributed by atoms with Crippen molar-refractivity contribution < 1.29 is 18.3 Å². The van der Waals surface area contributed by atoms with E-state index >= 15 is 0 Å². The topological polar surface area (TPSA) is 20.2 Å². The maximum Gasteiger partial charge on any atom is 0.417 e. The molecule has 0 fully saturated rings. The first-order valence-electron chi connectivity index (χ1n) is 8.90. The summed E-state index contributed by atoms with van der Waals surface area (Å²) in [5.41, 5.74) is 0. The van der Waals surface area contributed by atoms with Crippen LogP contribution in [-0.4, -0.2) is 17.4 Å². The van der Waals surface area contributed by atoms with Crippen molar-refractivity contribution in [1.82, 2.24) is 0 Å². The summed E-state index contributed by atoms with van der Waals surface area (Å²) in [6.45, 7) is 2.23. The first-order chi connectivity index (χ1) is 10.5. The van der Waals surface area contributed by atoms with E-state index in [-0.39, 0.29) is 0 Å². The number of hydrogen-bond acceptors (Lipinski definition) is 1. The number of aliphatic hydroxyl groups is 1. The maximum atomic E-state index is 12.0. The van der Waals surface area contributed by atoms with E-state index in [4.69, 9.17) is 5.11 Å². The molecule has 0 bridgehead atoms. The zero-order valence-electron chi connectivity index (χ0n) is 14.0. The second kappa shape index (κ2) is 14.1. The van der Waals surface area contributed by atoms with Gasteiger partial charge in [0.1, 0.15) is 0 Å². The van der Waals surface area contributed by atoms with Gasteiger partial charge in [0.25, 0.3) is 0 Å². The van der Waals surface area contributed by atoms with Crippen LogP contribution in [0.1, 0.15) is 90.4 Å². The van der Waals surface area contributed by atoms with E-state index in [2.05, 4.69) is 6.92 Å². The Morgan fingerprint density at radius 3 is 1.59 bits per heavy atom. The molecule has 0 amide bonds. The highest BCUT2D eigenvalue weighted by molar-refractivity contribution is 4.92. The second-order valence-corrected chi connectivity index (χ2v) is 6.09. The third-order valence-corrected chi connectivity index (χ3v) is 3.88. The Hall–Kier alpha value is -0.510. The molecule has 0 aromatic heterocycles. The van der Waals surface area contributed by atoms with Gasteiger partial charge in [0.2, 0.25) is 0 Å². The van der Waals surface area contributed by atoms with Crippen LogP contribution >= 0.6 is 0 Å². The molecule has 4 heteroatoms. The van der Waals surface area contributed by atoms with Crippen LogP contribution in [0.2, 0.25) is 0 Å². The summed E-state index contributed by atoms with van der Waals surface area (Å²) >= 11 is 0. The van der Waals surface area contributed by atoms with Crippen LogP contribution in [0.15, 0.2) is 12.2 Å². The second-order valence-electron chi connectivity index (χ2n) is 6.09. The Morgan fingerprint density at radius 1 is 0.773 bits per heavy atom. The van der Waals surface area contributed by atoms with E-state index < -0.39 is 12.3 Å². The van der Waals surface area contributed by atoms with E-state index in [0.29, 0.717) is 6.42 Å². The van der Waals surface area contributed by atoms with Crippen LogP contribution in [0.25, 0.3) is 0 Å². The van der Waals surface area contributed by atoms with Crippen molar-refractivity contribution in [3.63, 3.8) is 0 Å². The lowest BCUT2D eigenvalue weighted by atomic mass is 10.0. The average molecular weight is 322 g/mol. The van der Waals surface area contributed by atoms with Crippen molar-refractivity contribution in [2.75, 3.05) is 0 Å². The fourth-order valence-corrected chi connectivity index (χ4v) is 2.44. The Labute approximate surface area is 134 Å². The summed E-state index contributed by atoms with van der Waals surface area (Å²) in [7, 11) is 0. The van der Waals surface area contributed by atoms with Gasteiger partial charge in [-0.05, 0) is 12.8 Å². The first-order valence-corrected chi connectivity index (χ1v) is 8.90. The molecule has 0 saturated carbocycles. The normalized spacial score (nSPS) is 13.9. The Kier molecular flexibility index (Phi) is 13.8. The van der Waals surface area contributed by atoms with Crippen LogP contribution in [-0.2, 0) is 0 Å².